The highest BCUT2D eigenvalue weighted by molar-refractivity contribution is 8.00. The molecular weight excluding hydrogens is 308 g/mol. The number of carbonyl (C=O) groups excluding carboxylic acids is 1. The number of amides is 1. The molecule has 0 atom stereocenters. The molecule has 0 saturated carbocycles. The lowest BCUT2D eigenvalue weighted by Crippen LogP contribution is -2.12. The number of nitrogens with one attached hydrogen (secondary N) is 1. The number of nitrogens with zero attached hydrogens (tertiary/aromatic N) is 2. The van der Waals surface area contributed by atoms with Gasteiger partial charge >= 0.3 is 0 Å². The number of hydrogen-bond acceptors (Lipinski definition) is 7. The van der Waals surface area contributed by atoms with Crippen LogP contribution in [0.4, 0.5) is 11.4 Å². The fraction of sp³-hybridized carbons (Fsp3) is 0.308. The first-order valence-corrected chi connectivity index (χ1v) is 8.08. The molecule has 1 heterocycles. The molecule has 0 saturated heterocycles. The number of aromatic nitrogens is 2. The van der Waals surface area contributed by atoms with E-state index in [4.69, 9.17) is 10.5 Å². The van der Waals surface area contributed by atoms with Gasteiger partial charge in [-0.3, -0.25) is 4.79 Å². The molecule has 0 radical (unpaired) electrons. The van der Waals surface area contributed by atoms with Gasteiger partial charge in [-0.25, -0.2) is 4.98 Å². The number of benzene rings is 1. The normalized spacial score (nSPS) is 10.3. The van der Waals surface area contributed by atoms with E-state index in [1.54, 1.807) is 37.1 Å². The molecule has 6 nitrogen and oxygen atoms in total. The van der Waals surface area contributed by atoms with Crippen LogP contribution in [0.25, 0.3) is 0 Å². The van der Waals surface area contributed by atoms with Crippen LogP contribution in [0.15, 0.2) is 28.9 Å². The Labute approximate surface area is 131 Å². The SMILES string of the molecule is COc1ccc(NC(=O)CCCSc2ncns2)c(N)c1. The molecule has 2 rings (SSSR count). The highest BCUT2D eigenvalue weighted by atomic mass is 32.2. The summed E-state index contributed by atoms with van der Waals surface area (Å²) in [5.74, 6) is 1.45. The minimum atomic E-state index is -0.0512. The highest BCUT2D eigenvalue weighted by Gasteiger charge is 2.07. The van der Waals surface area contributed by atoms with Gasteiger partial charge in [0.05, 0.1) is 18.5 Å². The number of ether oxygens (including phenoxy) is 1. The van der Waals surface area contributed by atoms with Gasteiger partial charge in [-0.05, 0) is 30.1 Å². The zero-order chi connectivity index (χ0) is 15.1. The van der Waals surface area contributed by atoms with Crippen molar-refractivity contribution in [2.24, 2.45) is 0 Å². The minimum absolute atomic E-state index is 0.0512. The number of thioether (sulfide) groups is 1. The molecule has 3 N–H and O–H groups in total. The first-order chi connectivity index (χ1) is 10.2. The zero-order valence-corrected chi connectivity index (χ0v) is 13.2. The number of hydrogen-bond donors (Lipinski definition) is 2. The van der Waals surface area contributed by atoms with Crippen LogP contribution in [0.5, 0.6) is 5.75 Å². The summed E-state index contributed by atoms with van der Waals surface area (Å²) < 4.78 is 9.91. The Hall–Kier alpha value is -1.80. The van der Waals surface area contributed by atoms with E-state index >= 15 is 0 Å². The summed E-state index contributed by atoms with van der Waals surface area (Å²) in [6, 6.07) is 5.18. The number of nitrogen functional groups attached to an aromatic ring is 1. The van der Waals surface area contributed by atoms with Gasteiger partial charge in [-0.2, -0.15) is 4.37 Å². The van der Waals surface area contributed by atoms with Gasteiger partial charge in [0, 0.05) is 18.2 Å². The molecule has 1 aromatic carbocycles. The van der Waals surface area contributed by atoms with Crippen molar-refractivity contribution in [3.8, 4) is 5.75 Å². The third kappa shape index (κ3) is 4.91. The van der Waals surface area contributed by atoms with Crippen molar-refractivity contribution in [3.05, 3.63) is 24.5 Å². The summed E-state index contributed by atoms with van der Waals surface area (Å²) in [5.41, 5.74) is 6.95. The van der Waals surface area contributed by atoms with Gasteiger partial charge < -0.3 is 15.8 Å². The summed E-state index contributed by atoms with van der Waals surface area (Å²) in [4.78, 5) is 15.9. The van der Waals surface area contributed by atoms with Crippen molar-refractivity contribution in [3.63, 3.8) is 0 Å². The molecule has 0 aliphatic carbocycles. The molecule has 0 fully saturated rings. The van der Waals surface area contributed by atoms with E-state index in [9.17, 15) is 4.79 Å². The van der Waals surface area contributed by atoms with Crippen LogP contribution in [-0.2, 0) is 4.79 Å². The van der Waals surface area contributed by atoms with Crippen LogP contribution in [0.1, 0.15) is 12.8 Å². The predicted octanol–water partition coefficient (Wildman–Crippen LogP) is 2.64. The molecule has 8 heteroatoms. The molecule has 0 bridgehead atoms. The second kappa shape index (κ2) is 7.84. The minimum Gasteiger partial charge on any atom is -0.497 e. The molecule has 0 aliphatic rings. The Morgan fingerprint density at radius 3 is 3.05 bits per heavy atom. The van der Waals surface area contributed by atoms with Gasteiger partial charge in [0.1, 0.15) is 12.1 Å². The van der Waals surface area contributed by atoms with E-state index in [1.165, 1.54) is 17.9 Å². The second-order valence-electron chi connectivity index (χ2n) is 4.16. The topological polar surface area (TPSA) is 90.1 Å². The number of methoxy groups -OCH3 is 1. The van der Waals surface area contributed by atoms with Crippen LogP contribution in [0.2, 0.25) is 0 Å². The van der Waals surface area contributed by atoms with Crippen LogP contribution < -0.4 is 15.8 Å². The van der Waals surface area contributed by atoms with Gasteiger partial charge in [-0.1, -0.05) is 11.8 Å². The largest absolute Gasteiger partial charge is 0.497 e. The van der Waals surface area contributed by atoms with Crippen molar-refractivity contribution in [1.82, 2.24) is 9.36 Å². The monoisotopic (exact) mass is 324 g/mol. The lowest BCUT2D eigenvalue weighted by Gasteiger charge is -2.09. The standard InChI is InChI=1S/C13H16N4O2S2/c1-19-9-4-5-11(10(14)7-9)17-12(18)3-2-6-20-13-15-8-16-21-13/h4-5,7-8H,2-3,6,14H2,1H3,(H,17,18). The molecule has 0 unspecified atom stereocenters. The van der Waals surface area contributed by atoms with E-state index < -0.39 is 0 Å². The molecule has 1 aromatic heterocycles. The average molecular weight is 324 g/mol. The Balaban J connectivity index is 1.74. The Kier molecular flexibility index (Phi) is 5.82. The molecule has 2 aromatic rings. The predicted molar refractivity (Wildman–Crippen MR) is 85.9 cm³/mol. The summed E-state index contributed by atoms with van der Waals surface area (Å²) in [6.07, 6.45) is 2.75. The van der Waals surface area contributed by atoms with Crippen LogP contribution in [0, 0.1) is 0 Å². The lowest BCUT2D eigenvalue weighted by atomic mass is 10.2. The van der Waals surface area contributed by atoms with E-state index in [1.807, 2.05) is 0 Å². The summed E-state index contributed by atoms with van der Waals surface area (Å²) >= 11 is 2.97. The van der Waals surface area contributed by atoms with Crippen molar-refractivity contribution in [2.45, 2.75) is 17.2 Å². The highest BCUT2D eigenvalue weighted by Crippen LogP contribution is 2.24. The second-order valence-corrected chi connectivity index (χ2v) is 6.28. The maximum atomic E-state index is 11.8. The maximum Gasteiger partial charge on any atom is 0.224 e. The van der Waals surface area contributed by atoms with Crippen molar-refractivity contribution in [1.29, 1.82) is 0 Å². The number of nitrogens with two attached hydrogens (primary N) is 1. The third-order valence-electron chi connectivity index (χ3n) is 2.65. The van der Waals surface area contributed by atoms with Crippen molar-refractivity contribution < 1.29 is 9.53 Å². The van der Waals surface area contributed by atoms with Crippen LogP contribution >= 0.6 is 23.3 Å². The molecule has 21 heavy (non-hydrogen) atoms. The number of rotatable bonds is 7. The maximum absolute atomic E-state index is 11.8. The van der Waals surface area contributed by atoms with E-state index in [0.29, 0.717) is 23.5 Å². The molecule has 0 spiro atoms. The first-order valence-electron chi connectivity index (χ1n) is 6.32. The van der Waals surface area contributed by atoms with E-state index in [0.717, 1.165) is 16.5 Å². The van der Waals surface area contributed by atoms with E-state index in [-0.39, 0.29) is 5.91 Å². The van der Waals surface area contributed by atoms with Crippen LogP contribution in [0.3, 0.4) is 0 Å². The fourth-order valence-electron chi connectivity index (χ4n) is 1.61. The Morgan fingerprint density at radius 1 is 1.52 bits per heavy atom. The Morgan fingerprint density at radius 2 is 2.38 bits per heavy atom. The summed E-state index contributed by atoms with van der Waals surface area (Å²) in [6.45, 7) is 0. The van der Waals surface area contributed by atoms with Gasteiger partial charge in [-0.15, -0.1) is 0 Å². The average Bonchev–Trinajstić information content (AvgIpc) is 2.99. The molecule has 112 valence electrons. The smallest absolute Gasteiger partial charge is 0.224 e. The van der Waals surface area contributed by atoms with Gasteiger partial charge in [0.2, 0.25) is 5.91 Å². The Bertz CT molecular complexity index is 590. The van der Waals surface area contributed by atoms with Crippen LogP contribution in [-0.4, -0.2) is 28.1 Å². The zero-order valence-electron chi connectivity index (χ0n) is 11.5. The number of carbonyl (C=O) groups is 1. The van der Waals surface area contributed by atoms with Gasteiger partial charge in [0.15, 0.2) is 4.34 Å². The third-order valence-corrected chi connectivity index (χ3v) is 4.53. The van der Waals surface area contributed by atoms with Crippen molar-refractivity contribution in [2.75, 3.05) is 23.9 Å². The lowest BCUT2D eigenvalue weighted by molar-refractivity contribution is -0.116. The molecule has 0 aliphatic heterocycles. The molecular formula is C13H16N4O2S2. The quantitative estimate of drug-likeness (QED) is 0.462. The first kappa shape index (κ1) is 15.6. The van der Waals surface area contributed by atoms with E-state index in [2.05, 4.69) is 14.7 Å². The summed E-state index contributed by atoms with van der Waals surface area (Å²) in [7, 11) is 1.57. The molecule has 1 amide bonds. The van der Waals surface area contributed by atoms with Crippen molar-refractivity contribution >= 4 is 40.6 Å². The fourth-order valence-corrected chi connectivity index (χ4v) is 3.07. The van der Waals surface area contributed by atoms with Gasteiger partial charge in [0.25, 0.3) is 0 Å². The number of anilines is 2. The summed E-state index contributed by atoms with van der Waals surface area (Å²) in [5, 5.41) is 2.80.